The van der Waals surface area contributed by atoms with Crippen LogP contribution in [0.2, 0.25) is 0 Å². The molecular weight excluding hydrogens is 256 g/mol. The molecule has 118 valence electrons. The van der Waals surface area contributed by atoms with Crippen LogP contribution in [0.25, 0.3) is 0 Å². The van der Waals surface area contributed by atoms with Gasteiger partial charge in [0.25, 0.3) is 0 Å². The molecule has 0 saturated heterocycles. The Kier molecular flexibility index (Phi) is 6.82. The van der Waals surface area contributed by atoms with Crippen LogP contribution < -0.4 is 11.1 Å². The van der Waals surface area contributed by atoms with Crippen LogP contribution in [0.1, 0.15) is 48.5 Å². The minimum absolute atomic E-state index is 0.397. The number of nitrogens with two attached hydrogens (primary N) is 1. The lowest BCUT2D eigenvalue weighted by Gasteiger charge is -2.28. The topological polar surface area (TPSA) is 80.0 Å². The second-order valence-electron chi connectivity index (χ2n) is 6.36. The number of amides is 1. The Bertz CT molecular complexity index is 342. The van der Waals surface area contributed by atoms with Crippen LogP contribution in [-0.4, -0.2) is 47.7 Å². The van der Waals surface area contributed by atoms with Crippen molar-refractivity contribution in [2.24, 2.45) is 10.7 Å². The van der Waals surface area contributed by atoms with Crippen molar-refractivity contribution in [1.82, 2.24) is 10.2 Å². The molecular formula is C14H30N4O2. The number of nitrogens with one attached hydrogen (secondary N) is 1. The van der Waals surface area contributed by atoms with Gasteiger partial charge in [-0.2, -0.15) is 0 Å². The van der Waals surface area contributed by atoms with E-state index < -0.39 is 17.2 Å². The minimum Gasteiger partial charge on any atom is -0.444 e. The SMILES string of the molecule is CCN(CC)C(N)=NCC(C)(C)NC(=O)OC(C)(C)C. The molecule has 0 unspecified atom stereocenters. The highest BCUT2D eigenvalue weighted by Crippen LogP contribution is 2.09. The Balaban J connectivity index is 4.52. The first kappa shape index (κ1) is 18.5. The zero-order chi connectivity index (χ0) is 16.0. The van der Waals surface area contributed by atoms with Crippen LogP contribution in [0, 0.1) is 0 Å². The Labute approximate surface area is 122 Å². The first-order chi connectivity index (χ1) is 9.00. The number of alkyl carbamates (subject to hydrolysis) is 1. The summed E-state index contributed by atoms with van der Waals surface area (Å²) in [4.78, 5) is 18.0. The van der Waals surface area contributed by atoms with Gasteiger partial charge in [0, 0.05) is 13.1 Å². The number of guanidine groups is 1. The fraction of sp³-hybridized carbons (Fsp3) is 0.857. The first-order valence-electron chi connectivity index (χ1n) is 7.06. The number of aliphatic imine (C=N–C) groups is 1. The molecule has 0 rings (SSSR count). The molecule has 0 fully saturated rings. The van der Waals surface area contributed by atoms with Gasteiger partial charge in [-0.05, 0) is 48.5 Å². The fourth-order valence-corrected chi connectivity index (χ4v) is 1.55. The highest BCUT2D eigenvalue weighted by molar-refractivity contribution is 5.78. The van der Waals surface area contributed by atoms with E-state index in [0.717, 1.165) is 13.1 Å². The molecule has 0 atom stereocenters. The lowest BCUT2D eigenvalue weighted by atomic mass is 10.1. The molecule has 0 spiro atoms. The molecule has 0 aromatic heterocycles. The van der Waals surface area contributed by atoms with Gasteiger partial charge in [-0.3, -0.25) is 4.99 Å². The Morgan fingerprint density at radius 2 is 1.70 bits per heavy atom. The quantitative estimate of drug-likeness (QED) is 0.598. The molecule has 0 heterocycles. The molecule has 6 heteroatoms. The molecule has 6 nitrogen and oxygen atoms in total. The minimum atomic E-state index is -0.514. The van der Waals surface area contributed by atoms with Gasteiger partial charge in [0.1, 0.15) is 5.60 Å². The largest absolute Gasteiger partial charge is 0.444 e. The van der Waals surface area contributed by atoms with Gasteiger partial charge >= 0.3 is 6.09 Å². The number of rotatable bonds is 5. The number of hydrogen-bond acceptors (Lipinski definition) is 3. The number of carbonyl (C=O) groups is 1. The second kappa shape index (κ2) is 7.36. The van der Waals surface area contributed by atoms with Crippen LogP contribution in [0.5, 0.6) is 0 Å². The lowest BCUT2D eigenvalue weighted by molar-refractivity contribution is 0.0476. The molecule has 0 radical (unpaired) electrons. The lowest BCUT2D eigenvalue weighted by Crippen LogP contribution is -2.48. The fourth-order valence-electron chi connectivity index (χ4n) is 1.55. The smallest absolute Gasteiger partial charge is 0.408 e. The summed E-state index contributed by atoms with van der Waals surface area (Å²) in [5, 5.41) is 2.80. The number of hydrogen-bond donors (Lipinski definition) is 2. The zero-order valence-electron chi connectivity index (χ0n) is 13.9. The third-order valence-corrected chi connectivity index (χ3v) is 2.56. The summed E-state index contributed by atoms with van der Waals surface area (Å²) in [5.41, 5.74) is 4.89. The summed E-state index contributed by atoms with van der Waals surface area (Å²) in [6, 6.07) is 0. The molecule has 0 aromatic carbocycles. The van der Waals surface area contributed by atoms with Gasteiger partial charge in [-0.25, -0.2) is 4.79 Å². The van der Waals surface area contributed by atoms with E-state index in [9.17, 15) is 4.79 Å². The number of ether oxygens (including phenoxy) is 1. The van der Waals surface area contributed by atoms with Crippen molar-refractivity contribution < 1.29 is 9.53 Å². The van der Waals surface area contributed by atoms with Crippen LogP contribution >= 0.6 is 0 Å². The average molecular weight is 286 g/mol. The summed E-state index contributed by atoms with van der Waals surface area (Å²) >= 11 is 0. The highest BCUT2D eigenvalue weighted by atomic mass is 16.6. The van der Waals surface area contributed by atoms with Crippen molar-refractivity contribution in [2.75, 3.05) is 19.6 Å². The second-order valence-corrected chi connectivity index (χ2v) is 6.36. The van der Waals surface area contributed by atoms with Crippen LogP contribution in [0.3, 0.4) is 0 Å². The monoisotopic (exact) mass is 286 g/mol. The van der Waals surface area contributed by atoms with Gasteiger partial charge in [-0.15, -0.1) is 0 Å². The maximum atomic E-state index is 11.7. The molecule has 3 N–H and O–H groups in total. The van der Waals surface area contributed by atoms with E-state index in [2.05, 4.69) is 10.3 Å². The van der Waals surface area contributed by atoms with Crippen molar-refractivity contribution in [1.29, 1.82) is 0 Å². The average Bonchev–Trinajstić information content (AvgIpc) is 2.24. The molecule has 0 aliphatic rings. The normalized spacial score (nSPS) is 13.1. The molecule has 0 bridgehead atoms. The third-order valence-electron chi connectivity index (χ3n) is 2.56. The first-order valence-corrected chi connectivity index (χ1v) is 7.06. The van der Waals surface area contributed by atoms with Gasteiger partial charge in [0.05, 0.1) is 12.1 Å². The standard InChI is InChI=1S/C14H30N4O2/c1-8-18(9-2)11(15)16-10-14(6,7)17-12(19)20-13(3,4)5/h8-10H2,1-7H3,(H2,15,16)(H,17,19). The summed E-state index contributed by atoms with van der Waals surface area (Å²) < 4.78 is 5.23. The van der Waals surface area contributed by atoms with Crippen LogP contribution in [0.4, 0.5) is 4.79 Å². The van der Waals surface area contributed by atoms with Gasteiger partial charge < -0.3 is 20.7 Å². The van der Waals surface area contributed by atoms with Crippen LogP contribution in [-0.2, 0) is 4.74 Å². The summed E-state index contributed by atoms with van der Waals surface area (Å²) in [5.74, 6) is 0.495. The van der Waals surface area contributed by atoms with Gasteiger partial charge in [0.2, 0.25) is 0 Å². The highest BCUT2D eigenvalue weighted by Gasteiger charge is 2.24. The summed E-state index contributed by atoms with van der Waals surface area (Å²) in [6.45, 7) is 15.3. The maximum Gasteiger partial charge on any atom is 0.408 e. The molecule has 1 amide bonds. The maximum absolute atomic E-state index is 11.7. The van der Waals surface area contributed by atoms with E-state index >= 15 is 0 Å². The zero-order valence-corrected chi connectivity index (χ0v) is 13.9. The van der Waals surface area contributed by atoms with Gasteiger partial charge in [0.15, 0.2) is 5.96 Å². The Hall–Kier alpha value is -1.46. The third kappa shape index (κ3) is 7.86. The Morgan fingerprint density at radius 3 is 2.10 bits per heavy atom. The number of nitrogens with zero attached hydrogens (tertiary/aromatic N) is 2. The van der Waals surface area contributed by atoms with Crippen molar-refractivity contribution in [3.05, 3.63) is 0 Å². The van der Waals surface area contributed by atoms with Crippen molar-refractivity contribution in [3.8, 4) is 0 Å². The molecule has 0 aromatic rings. The van der Waals surface area contributed by atoms with Crippen LogP contribution in [0.15, 0.2) is 4.99 Å². The van der Waals surface area contributed by atoms with E-state index in [1.165, 1.54) is 0 Å². The van der Waals surface area contributed by atoms with E-state index in [1.807, 2.05) is 53.4 Å². The number of carbonyl (C=O) groups excluding carboxylic acids is 1. The Morgan fingerprint density at radius 1 is 1.20 bits per heavy atom. The van der Waals surface area contributed by atoms with E-state index in [1.54, 1.807) is 0 Å². The molecule has 0 aliphatic heterocycles. The molecule has 0 saturated carbocycles. The summed E-state index contributed by atoms with van der Waals surface area (Å²) in [6.07, 6.45) is -0.445. The van der Waals surface area contributed by atoms with Crippen molar-refractivity contribution in [2.45, 2.75) is 59.6 Å². The van der Waals surface area contributed by atoms with Gasteiger partial charge in [-0.1, -0.05) is 0 Å². The molecule has 20 heavy (non-hydrogen) atoms. The van der Waals surface area contributed by atoms with E-state index in [-0.39, 0.29) is 0 Å². The predicted molar refractivity (Wildman–Crippen MR) is 82.9 cm³/mol. The van der Waals surface area contributed by atoms with E-state index in [4.69, 9.17) is 10.5 Å². The summed E-state index contributed by atoms with van der Waals surface area (Å²) in [7, 11) is 0. The molecule has 0 aliphatic carbocycles. The van der Waals surface area contributed by atoms with E-state index in [0.29, 0.717) is 12.5 Å². The van der Waals surface area contributed by atoms with Crippen molar-refractivity contribution >= 4 is 12.1 Å². The predicted octanol–water partition coefficient (Wildman–Crippen LogP) is 1.95. The van der Waals surface area contributed by atoms with Crippen molar-refractivity contribution in [3.63, 3.8) is 0 Å².